The summed E-state index contributed by atoms with van der Waals surface area (Å²) in [4.78, 5) is 0. The van der Waals surface area contributed by atoms with Crippen LogP contribution in [0.25, 0.3) is 0 Å². The Balaban J connectivity index is 3.28. The second kappa shape index (κ2) is 3.43. The number of benzene rings is 1. The molecule has 0 fully saturated rings. The monoisotopic (exact) mass is 188 g/mol. The van der Waals surface area contributed by atoms with Crippen molar-refractivity contribution in [2.24, 2.45) is 0 Å². The second-order valence-corrected chi connectivity index (χ2v) is 2.93. The molecule has 0 aliphatic carbocycles. The molecule has 12 heavy (non-hydrogen) atoms. The summed E-state index contributed by atoms with van der Waals surface area (Å²) in [7, 11) is -1.82. The molecule has 64 valence electrons. The second-order valence-electron chi connectivity index (χ2n) is 2.52. The Kier molecular flexibility index (Phi) is 2.72. The van der Waals surface area contributed by atoms with Gasteiger partial charge in [-0.05, 0) is 18.6 Å². The van der Waals surface area contributed by atoms with E-state index >= 15 is 0 Å². The minimum absolute atomic E-state index is 0.0990. The van der Waals surface area contributed by atoms with Crippen LogP contribution in [0.1, 0.15) is 5.56 Å². The van der Waals surface area contributed by atoms with Gasteiger partial charge >= 0.3 is 7.12 Å². The Labute approximate surface area is 74.7 Å². The highest BCUT2D eigenvalue weighted by Crippen LogP contribution is 2.13. The molecule has 0 unspecified atom stereocenters. The first-order valence-corrected chi connectivity index (χ1v) is 3.72. The van der Waals surface area contributed by atoms with Crippen molar-refractivity contribution in [3.8, 4) is 0 Å². The molecular weight excluding hydrogens is 181 g/mol. The van der Waals surface area contributed by atoms with Crippen LogP contribution in [0.5, 0.6) is 0 Å². The minimum atomic E-state index is -1.82. The highest BCUT2D eigenvalue weighted by molar-refractivity contribution is 6.59. The van der Waals surface area contributed by atoms with Crippen molar-refractivity contribution in [2.45, 2.75) is 6.92 Å². The van der Waals surface area contributed by atoms with E-state index in [-0.39, 0.29) is 10.5 Å². The molecule has 0 saturated carbocycles. The van der Waals surface area contributed by atoms with Crippen LogP contribution in [0.4, 0.5) is 4.39 Å². The summed E-state index contributed by atoms with van der Waals surface area (Å²) in [6.07, 6.45) is 0. The third-order valence-corrected chi connectivity index (χ3v) is 1.75. The van der Waals surface area contributed by atoms with Gasteiger partial charge in [0.2, 0.25) is 0 Å². The first-order chi connectivity index (χ1) is 5.52. The Morgan fingerprint density at radius 3 is 2.50 bits per heavy atom. The van der Waals surface area contributed by atoms with Crippen molar-refractivity contribution < 1.29 is 14.4 Å². The number of aryl methyl sites for hydroxylation is 1. The van der Waals surface area contributed by atoms with E-state index in [9.17, 15) is 4.39 Å². The summed E-state index contributed by atoms with van der Waals surface area (Å²) in [5, 5.41) is 17.3. The molecule has 2 N–H and O–H groups in total. The lowest BCUT2D eigenvalue weighted by Crippen LogP contribution is -2.33. The largest absolute Gasteiger partial charge is 0.491 e. The van der Waals surface area contributed by atoms with Crippen LogP contribution in [0.2, 0.25) is 5.02 Å². The minimum Gasteiger partial charge on any atom is -0.423 e. The maximum atomic E-state index is 13.0. The maximum absolute atomic E-state index is 13.0. The molecule has 0 spiro atoms. The number of hydrogen-bond donors (Lipinski definition) is 2. The predicted molar refractivity (Wildman–Crippen MR) is 46.0 cm³/mol. The standard InChI is InChI=1S/C7H7BClFO2/c1-4-2-5(8(11)12)7(10)6(9)3-4/h2-3,11-12H,1H3. The number of halogens is 2. The van der Waals surface area contributed by atoms with Gasteiger partial charge in [0.05, 0.1) is 5.02 Å². The van der Waals surface area contributed by atoms with E-state index < -0.39 is 12.9 Å². The Morgan fingerprint density at radius 2 is 2.00 bits per heavy atom. The highest BCUT2D eigenvalue weighted by atomic mass is 35.5. The Hall–Kier alpha value is -0.575. The molecule has 0 aliphatic rings. The molecule has 0 radical (unpaired) electrons. The summed E-state index contributed by atoms with van der Waals surface area (Å²) in [6.45, 7) is 1.69. The molecule has 0 bridgehead atoms. The van der Waals surface area contributed by atoms with Crippen molar-refractivity contribution >= 4 is 24.2 Å². The summed E-state index contributed by atoms with van der Waals surface area (Å²) < 4.78 is 13.0. The van der Waals surface area contributed by atoms with Gasteiger partial charge in [-0.3, -0.25) is 0 Å². The summed E-state index contributed by atoms with van der Waals surface area (Å²) in [5.74, 6) is -0.780. The summed E-state index contributed by atoms with van der Waals surface area (Å²) in [6, 6.07) is 2.76. The van der Waals surface area contributed by atoms with Crippen molar-refractivity contribution in [3.05, 3.63) is 28.5 Å². The fraction of sp³-hybridized carbons (Fsp3) is 0.143. The van der Waals surface area contributed by atoms with E-state index in [0.29, 0.717) is 5.56 Å². The smallest absolute Gasteiger partial charge is 0.423 e. The lowest BCUT2D eigenvalue weighted by molar-refractivity contribution is 0.423. The van der Waals surface area contributed by atoms with Crippen LogP contribution in [-0.4, -0.2) is 17.2 Å². The zero-order valence-corrected chi connectivity index (χ0v) is 7.14. The summed E-state index contributed by atoms with van der Waals surface area (Å²) in [5.41, 5.74) is 0.490. The van der Waals surface area contributed by atoms with Crippen LogP contribution in [-0.2, 0) is 0 Å². The third-order valence-electron chi connectivity index (χ3n) is 1.48. The zero-order valence-electron chi connectivity index (χ0n) is 6.38. The van der Waals surface area contributed by atoms with E-state index in [4.69, 9.17) is 21.6 Å². The van der Waals surface area contributed by atoms with E-state index in [2.05, 4.69) is 0 Å². The van der Waals surface area contributed by atoms with Crippen molar-refractivity contribution in [1.29, 1.82) is 0 Å². The van der Waals surface area contributed by atoms with Gasteiger partial charge in [0.25, 0.3) is 0 Å². The highest BCUT2D eigenvalue weighted by Gasteiger charge is 2.18. The average molecular weight is 188 g/mol. The SMILES string of the molecule is Cc1cc(Cl)c(F)c(B(O)O)c1. The average Bonchev–Trinajstić information content (AvgIpc) is 1.96. The molecule has 0 aromatic heterocycles. The third kappa shape index (κ3) is 1.77. The molecule has 0 aliphatic heterocycles. The molecule has 5 heteroatoms. The lowest BCUT2D eigenvalue weighted by atomic mass is 9.79. The van der Waals surface area contributed by atoms with Crippen LogP contribution in [0, 0.1) is 12.7 Å². The Morgan fingerprint density at radius 1 is 1.42 bits per heavy atom. The van der Waals surface area contributed by atoms with E-state index in [1.807, 2.05) is 0 Å². The predicted octanol–water partition coefficient (Wildman–Crippen LogP) is 0.467. The van der Waals surface area contributed by atoms with Gasteiger partial charge in [0, 0.05) is 5.46 Å². The molecule has 0 heterocycles. The van der Waals surface area contributed by atoms with Crippen molar-refractivity contribution in [3.63, 3.8) is 0 Å². The van der Waals surface area contributed by atoms with Gasteiger partial charge in [0.15, 0.2) is 0 Å². The zero-order chi connectivity index (χ0) is 9.30. The molecule has 1 aromatic rings. The molecule has 0 amide bonds. The lowest BCUT2D eigenvalue weighted by Gasteiger charge is -2.04. The van der Waals surface area contributed by atoms with E-state index in [1.165, 1.54) is 12.1 Å². The molecular formula is C7H7BClFO2. The maximum Gasteiger partial charge on any atom is 0.491 e. The van der Waals surface area contributed by atoms with Crippen LogP contribution < -0.4 is 5.46 Å². The normalized spacial score (nSPS) is 10.1. The summed E-state index contributed by atoms with van der Waals surface area (Å²) >= 11 is 5.47. The van der Waals surface area contributed by atoms with Crippen molar-refractivity contribution in [1.82, 2.24) is 0 Å². The van der Waals surface area contributed by atoms with Crippen LogP contribution >= 0.6 is 11.6 Å². The van der Waals surface area contributed by atoms with Gasteiger partial charge in [-0.15, -0.1) is 0 Å². The number of rotatable bonds is 1. The molecule has 0 saturated heterocycles. The van der Waals surface area contributed by atoms with Crippen LogP contribution in [0.15, 0.2) is 12.1 Å². The fourth-order valence-corrected chi connectivity index (χ4v) is 1.22. The van der Waals surface area contributed by atoms with Gasteiger partial charge in [-0.25, -0.2) is 4.39 Å². The van der Waals surface area contributed by atoms with Gasteiger partial charge in [-0.1, -0.05) is 17.7 Å². The van der Waals surface area contributed by atoms with Gasteiger partial charge in [0.1, 0.15) is 5.82 Å². The first-order valence-electron chi connectivity index (χ1n) is 3.34. The molecule has 1 rings (SSSR count). The van der Waals surface area contributed by atoms with E-state index in [1.54, 1.807) is 6.92 Å². The molecule has 2 nitrogen and oxygen atoms in total. The first kappa shape index (κ1) is 9.51. The van der Waals surface area contributed by atoms with E-state index in [0.717, 1.165) is 0 Å². The number of hydrogen-bond acceptors (Lipinski definition) is 2. The molecule has 1 aromatic carbocycles. The Bertz CT molecular complexity index is 304. The quantitative estimate of drug-likeness (QED) is 0.629. The van der Waals surface area contributed by atoms with Crippen molar-refractivity contribution in [2.75, 3.05) is 0 Å². The van der Waals surface area contributed by atoms with Gasteiger partial charge in [-0.2, -0.15) is 0 Å². The van der Waals surface area contributed by atoms with Gasteiger partial charge < -0.3 is 10.0 Å². The molecule has 0 atom stereocenters. The fourth-order valence-electron chi connectivity index (χ4n) is 0.939. The van der Waals surface area contributed by atoms with Crippen LogP contribution in [0.3, 0.4) is 0 Å². The topological polar surface area (TPSA) is 40.5 Å².